The minimum absolute atomic E-state index is 0.174. The van der Waals surface area contributed by atoms with E-state index < -0.39 is 0 Å². The molecule has 0 heterocycles. The second-order valence-corrected chi connectivity index (χ2v) is 6.81. The zero-order valence-electron chi connectivity index (χ0n) is 14.9. The highest BCUT2D eigenvalue weighted by Crippen LogP contribution is 2.20. The molecular weight excluding hydrogens is 385 g/mol. The molecular formula is C20H23Cl2N3O2. The Balaban J connectivity index is 1.55. The molecule has 27 heavy (non-hydrogen) atoms. The molecule has 5 nitrogen and oxygen atoms in total. The summed E-state index contributed by atoms with van der Waals surface area (Å²) in [5.41, 5.74) is 1.25. The maximum Gasteiger partial charge on any atom is 0.124 e. The number of aliphatic imine (C=N–C) groups is 2. The fourth-order valence-electron chi connectivity index (χ4n) is 2.30. The summed E-state index contributed by atoms with van der Waals surface area (Å²) in [6, 6.07) is 9.76. The normalized spacial score (nSPS) is 11.6. The first kappa shape index (κ1) is 21.2. The summed E-state index contributed by atoms with van der Waals surface area (Å²) < 4.78 is 0. The van der Waals surface area contributed by atoms with Gasteiger partial charge in [-0.05, 0) is 62.3 Å². The van der Waals surface area contributed by atoms with Gasteiger partial charge in [-0.2, -0.15) is 0 Å². The third-order valence-corrected chi connectivity index (χ3v) is 4.19. The Morgan fingerprint density at radius 2 is 1.22 bits per heavy atom. The van der Waals surface area contributed by atoms with Crippen LogP contribution in [0.2, 0.25) is 10.0 Å². The molecule has 2 aromatic rings. The summed E-state index contributed by atoms with van der Waals surface area (Å²) >= 11 is 11.8. The molecule has 0 fully saturated rings. The zero-order valence-corrected chi connectivity index (χ0v) is 16.4. The minimum atomic E-state index is 0.174. The van der Waals surface area contributed by atoms with Crippen LogP contribution in [0.3, 0.4) is 0 Å². The first-order valence-corrected chi connectivity index (χ1v) is 9.49. The van der Waals surface area contributed by atoms with Crippen molar-refractivity contribution in [3.05, 3.63) is 57.6 Å². The van der Waals surface area contributed by atoms with Gasteiger partial charge in [0, 0.05) is 46.7 Å². The maximum atomic E-state index is 9.69. The second kappa shape index (κ2) is 11.6. The Kier molecular flexibility index (Phi) is 9.11. The summed E-state index contributed by atoms with van der Waals surface area (Å²) in [4.78, 5) is 8.60. The van der Waals surface area contributed by atoms with E-state index in [-0.39, 0.29) is 11.5 Å². The van der Waals surface area contributed by atoms with Crippen LogP contribution < -0.4 is 5.32 Å². The zero-order chi connectivity index (χ0) is 19.5. The van der Waals surface area contributed by atoms with Crippen molar-refractivity contribution in [2.24, 2.45) is 9.98 Å². The van der Waals surface area contributed by atoms with Crippen molar-refractivity contribution in [3.63, 3.8) is 0 Å². The molecule has 0 radical (unpaired) electrons. The summed E-state index contributed by atoms with van der Waals surface area (Å²) in [7, 11) is 0. The van der Waals surface area contributed by atoms with Crippen LogP contribution in [0.25, 0.3) is 0 Å². The number of nitrogens with one attached hydrogen (secondary N) is 1. The monoisotopic (exact) mass is 407 g/mol. The molecule has 0 atom stereocenters. The molecule has 144 valence electrons. The highest BCUT2D eigenvalue weighted by atomic mass is 35.5. The molecule has 0 saturated heterocycles. The summed E-state index contributed by atoms with van der Waals surface area (Å²) in [6.07, 6.45) is 5.08. The van der Waals surface area contributed by atoms with Crippen molar-refractivity contribution in [1.29, 1.82) is 0 Å². The first-order chi connectivity index (χ1) is 13.1. The third-order valence-electron chi connectivity index (χ3n) is 3.72. The number of benzene rings is 2. The number of phenols is 2. The maximum absolute atomic E-state index is 9.69. The van der Waals surface area contributed by atoms with E-state index in [1.165, 1.54) is 0 Å². The first-order valence-electron chi connectivity index (χ1n) is 8.73. The predicted molar refractivity (Wildman–Crippen MR) is 113 cm³/mol. The van der Waals surface area contributed by atoms with Gasteiger partial charge in [-0.15, -0.1) is 0 Å². The van der Waals surface area contributed by atoms with Gasteiger partial charge in [0.05, 0.1) is 0 Å². The van der Waals surface area contributed by atoms with Crippen molar-refractivity contribution >= 4 is 35.6 Å². The fourth-order valence-corrected chi connectivity index (χ4v) is 2.66. The Labute approximate surface area is 169 Å². The Bertz CT molecular complexity index is 729. The molecule has 0 aromatic heterocycles. The molecule has 0 aliphatic heterocycles. The van der Waals surface area contributed by atoms with Crippen LogP contribution in [-0.4, -0.2) is 48.8 Å². The van der Waals surface area contributed by atoms with Crippen LogP contribution >= 0.6 is 23.2 Å². The van der Waals surface area contributed by atoms with Crippen LogP contribution in [0.15, 0.2) is 46.4 Å². The molecule has 0 amide bonds. The molecule has 2 rings (SSSR count). The number of hydrogen-bond acceptors (Lipinski definition) is 5. The SMILES string of the molecule is Oc1ccc(Cl)cc1C=NCCCNCCCN=Cc1cc(Cl)ccc1O. The second-order valence-electron chi connectivity index (χ2n) is 5.93. The molecule has 0 bridgehead atoms. The largest absolute Gasteiger partial charge is 0.507 e. The van der Waals surface area contributed by atoms with E-state index in [4.69, 9.17) is 23.2 Å². The molecule has 3 N–H and O–H groups in total. The van der Waals surface area contributed by atoms with E-state index in [0.717, 1.165) is 25.9 Å². The lowest BCUT2D eigenvalue weighted by atomic mass is 10.2. The van der Waals surface area contributed by atoms with Crippen LogP contribution in [0.4, 0.5) is 0 Å². The fraction of sp³-hybridized carbons (Fsp3) is 0.300. The van der Waals surface area contributed by atoms with Crippen molar-refractivity contribution < 1.29 is 10.2 Å². The topological polar surface area (TPSA) is 77.2 Å². The number of aromatic hydroxyl groups is 2. The molecule has 0 saturated carbocycles. The third kappa shape index (κ3) is 7.99. The van der Waals surface area contributed by atoms with E-state index in [9.17, 15) is 10.2 Å². The minimum Gasteiger partial charge on any atom is -0.507 e. The van der Waals surface area contributed by atoms with Crippen molar-refractivity contribution in [1.82, 2.24) is 5.32 Å². The van der Waals surface area contributed by atoms with E-state index in [1.54, 1.807) is 48.8 Å². The van der Waals surface area contributed by atoms with E-state index in [1.807, 2.05) is 0 Å². The molecule has 2 aromatic carbocycles. The van der Waals surface area contributed by atoms with Gasteiger partial charge >= 0.3 is 0 Å². The van der Waals surface area contributed by atoms with Gasteiger partial charge in [-0.3, -0.25) is 9.98 Å². The summed E-state index contributed by atoms with van der Waals surface area (Å²) in [5.74, 6) is 0.348. The lowest BCUT2D eigenvalue weighted by molar-refractivity contribution is 0.474. The number of hydrogen-bond donors (Lipinski definition) is 3. The number of rotatable bonds is 10. The smallest absolute Gasteiger partial charge is 0.124 e. The standard InChI is InChI=1S/C20H23Cl2N3O2/c21-17-3-5-19(26)15(11-17)13-24-9-1-7-23-8-2-10-25-14-16-12-18(22)4-6-20(16)27/h3-6,11-14,23,26-27H,1-2,7-10H2. The molecule has 0 aliphatic carbocycles. The summed E-state index contributed by atoms with van der Waals surface area (Å²) in [5, 5.41) is 23.9. The van der Waals surface area contributed by atoms with Crippen LogP contribution in [0.1, 0.15) is 24.0 Å². The van der Waals surface area contributed by atoms with Crippen molar-refractivity contribution in [2.75, 3.05) is 26.2 Å². The Morgan fingerprint density at radius 1 is 0.778 bits per heavy atom. The van der Waals surface area contributed by atoms with Gasteiger partial charge in [-0.25, -0.2) is 0 Å². The summed E-state index contributed by atoms with van der Waals surface area (Å²) in [6.45, 7) is 3.06. The Morgan fingerprint density at radius 3 is 1.67 bits per heavy atom. The highest BCUT2D eigenvalue weighted by Gasteiger charge is 1.99. The van der Waals surface area contributed by atoms with Gasteiger partial charge in [0.1, 0.15) is 11.5 Å². The van der Waals surface area contributed by atoms with Gasteiger partial charge in [0.25, 0.3) is 0 Å². The quantitative estimate of drug-likeness (QED) is 0.405. The van der Waals surface area contributed by atoms with E-state index in [0.29, 0.717) is 34.3 Å². The van der Waals surface area contributed by atoms with E-state index in [2.05, 4.69) is 15.3 Å². The van der Waals surface area contributed by atoms with Gasteiger partial charge in [0.2, 0.25) is 0 Å². The molecule has 0 aliphatic rings. The number of phenolic OH excluding ortho intramolecular Hbond substituents is 2. The van der Waals surface area contributed by atoms with Gasteiger partial charge in [-0.1, -0.05) is 23.2 Å². The van der Waals surface area contributed by atoms with Crippen LogP contribution in [0, 0.1) is 0 Å². The predicted octanol–water partition coefficient (Wildman–Crippen LogP) is 4.31. The average Bonchev–Trinajstić information content (AvgIpc) is 2.65. The lowest BCUT2D eigenvalue weighted by Gasteiger charge is -2.02. The molecule has 0 unspecified atom stereocenters. The van der Waals surface area contributed by atoms with Crippen molar-refractivity contribution in [2.45, 2.75) is 12.8 Å². The lowest BCUT2D eigenvalue weighted by Crippen LogP contribution is -2.18. The van der Waals surface area contributed by atoms with Crippen molar-refractivity contribution in [3.8, 4) is 11.5 Å². The van der Waals surface area contributed by atoms with Crippen LogP contribution in [-0.2, 0) is 0 Å². The van der Waals surface area contributed by atoms with Gasteiger partial charge < -0.3 is 15.5 Å². The average molecular weight is 408 g/mol. The molecule has 0 spiro atoms. The highest BCUT2D eigenvalue weighted by molar-refractivity contribution is 6.31. The molecule has 7 heteroatoms. The van der Waals surface area contributed by atoms with E-state index >= 15 is 0 Å². The number of halogens is 2. The van der Waals surface area contributed by atoms with Gasteiger partial charge in [0.15, 0.2) is 0 Å². The number of nitrogens with zero attached hydrogens (tertiary/aromatic N) is 2. The Hall–Kier alpha value is -2.08. The van der Waals surface area contributed by atoms with Crippen LogP contribution in [0.5, 0.6) is 11.5 Å².